The largest absolute Gasteiger partial charge is 0.490 e. The summed E-state index contributed by atoms with van der Waals surface area (Å²) in [5.41, 5.74) is 8.46. The van der Waals surface area contributed by atoms with E-state index in [-0.39, 0.29) is 11.7 Å². The van der Waals surface area contributed by atoms with E-state index in [0.717, 1.165) is 0 Å². The highest BCUT2D eigenvalue weighted by Gasteiger charge is 2.18. The van der Waals surface area contributed by atoms with Crippen molar-refractivity contribution in [3.05, 3.63) is 20.6 Å². The number of nitrogens with zero attached hydrogens (tertiary/aromatic N) is 1. The van der Waals surface area contributed by atoms with Gasteiger partial charge in [0.25, 0.3) is 0 Å². The number of benzene rings is 1. The molecule has 0 aromatic heterocycles. The van der Waals surface area contributed by atoms with E-state index in [2.05, 4.69) is 59.3 Å². The third kappa shape index (κ3) is 5.96. The van der Waals surface area contributed by atoms with Gasteiger partial charge in [-0.2, -0.15) is 5.10 Å². The first kappa shape index (κ1) is 19.7. The van der Waals surface area contributed by atoms with Gasteiger partial charge >= 0.3 is 5.97 Å². The van der Waals surface area contributed by atoms with Crippen LogP contribution in [0.4, 0.5) is 0 Å². The highest BCUT2D eigenvalue weighted by molar-refractivity contribution is 9.13. The minimum atomic E-state index is -0.498. The van der Waals surface area contributed by atoms with Crippen molar-refractivity contribution >= 4 is 61.4 Å². The lowest BCUT2D eigenvalue weighted by Crippen LogP contribution is -2.24. The first-order valence-corrected chi connectivity index (χ1v) is 8.33. The minimum absolute atomic E-state index is 0.0551. The summed E-state index contributed by atoms with van der Waals surface area (Å²) in [4.78, 5) is 11.3. The van der Waals surface area contributed by atoms with Crippen LogP contribution in [0, 0.1) is 0 Å². The smallest absolute Gasteiger partial charge is 0.343 e. The number of thiocarbonyl (C=S) groups is 1. The number of carbonyl (C=O) groups is 1. The van der Waals surface area contributed by atoms with Gasteiger partial charge in [0.05, 0.1) is 24.4 Å². The summed E-state index contributed by atoms with van der Waals surface area (Å²) in [7, 11) is 1.29. The maximum absolute atomic E-state index is 11.3. The van der Waals surface area contributed by atoms with Crippen LogP contribution in [-0.4, -0.2) is 37.6 Å². The van der Waals surface area contributed by atoms with Crippen LogP contribution in [0.2, 0.25) is 0 Å². The number of hydrogen-bond acceptors (Lipinski definition) is 6. The summed E-state index contributed by atoms with van der Waals surface area (Å²) >= 11 is 11.5. The van der Waals surface area contributed by atoms with Gasteiger partial charge in [0.2, 0.25) is 0 Å². The fourth-order valence-electron chi connectivity index (χ4n) is 1.45. The Kier molecular flexibility index (Phi) is 8.28. The number of halogens is 2. The molecule has 23 heavy (non-hydrogen) atoms. The summed E-state index contributed by atoms with van der Waals surface area (Å²) in [6.07, 6.45) is 1.51. The molecule has 0 atom stereocenters. The summed E-state index contributed by atoms with van der Waals surface area (Å²) in [6.45, 7) is 2.02. The number of nitrogens with one attached hydrogen (secondary N) is 1. The summed E-state index contributed by atoms with van der Waals surface area (Å²) in [5, 5.41) is 3.95. The lowest BCUT2D eigenvalue weighted by atomic mass is 10.2. The number of rotatable bonds is 7. The van der Waals surface area contributed by atoms with Crippen LogP contribution < -0.4 is 20.6 Å². The first-order chi connectivity index (χ1) is 10.9. The van der Waals surface area contributed by atoms with E-state index >= 15 is 0 Å². The molecular weight excluding hydrogens is 454 g/mol. The van der Waals surface area contributed by atoms with Crippen molar-refractivity contribution in [2.45, 2.75) is 6.92 Å². The predicted octanol–water partition coefficient (Wildman–Crippen LogP) is 2.33. The highest BCUT2D eigenvalue weighted by Crippen LogP contribution is 2.42. The average molecular weight is 469 g/mol. The number of carbonyl (C=O) groups excluding carboxylic acids is 1. The lowest BCUT2D eigenvalue weighted by Gasteiger charge is -2.15. The zero-order valence-electron chi connectivity index (χ0n) is 12.4. The molecule has 0 radical (unpaired) electrons. The molecule has 0 saturated carbocycles. The number of esters is 1. The number of hydrazone groups is 1. The molecule has 0 saturated heterocycles. The minimum Gasteiger partial charge on any atom is -0.490 e. The van der Waals surface area contributed by atoms with Crippen LogP contribution in [0.1, 0.15) is 12.5 Å². The third-order valence-corrected chi connectivity index (χ3v) is 4.63. The maximum atomic E-state index is 11.3. The molecule has 0 aliphatic heterocycles. The molecule has 0 spiro atoms. The quantitative estimate of drug-likeness (QED) is 0.274. The number of methoxy groups -OCH3 is 1. The lowest BCUT2D eigenvalue weighted by molar-refractivity contribution is -0.142. The van der Waals surface area contributed by atoms with E-state index in [0.29, 0.717) is 32.6 Å². The van der Waals surface area contributed by atoms with E-state index in [9.17, 15) is 4.79 Å². The molecule has 10 heteroatoms. The van der Waals surface area contributed by atoms with Crippen molar-refractivity contribution in [3.8, 4) is 11.5 Å². The molecule has 1 aromatic carbocycles. The van der Waals surface area contributed by atoms with Gasteiger partial charge in [-0.05, 0) is 57.1 Å². The molecule has 0 aliphatic rings. The fourth-order valence-corrected chi connectivity index (χ4v) is 2.44. The third-order valence-electron chi connectivity index (χ3n) is 2.40. The van der Waals surface area contributed by atoms with Crippen LogP contribution in [0.15, 0.2) is 20.1 Å². The molecule has 7 nitrogen and oxygen atoms in total. The Morgan fingerprint density at radius 2 is 2.13 bits per heavy atom. The second kappa shape index (κ2) is 9.68. The van der Waals surface area contributed by atoms with Gasteiger partial charge in [-0.15, -0.1) is 0 Å². The molecule has 1 rings (SSSR count). The molecule has 0 unspecified atom stereocenters. The van der Waals surface area contributed by atoms with E-state index in [4.69, 9.17) is 15.2 Å². The van der Waals surface area contributed by atoms with Gasteiger partial charge in [-0.25, -0.2) is 4.79 Å². The first-order valence-electron chi connectivity index (χ1n) is 6.33. The maximum Gasteiger partial charge on any atom is 0.343 e. The van der Waals surface area contributed by atoms with Gasteiger partial charge in [0.15, 0.2) is 23.2 Å². The van der Waals surface area contributed by atoms with Crippen molar-refractivity contribution in [1.82, 2.24) is 5.43 Å². The normalized spacial score (nSPS) is 10.4. The van der Waals surface area contributed by atoms with Gasteiger partial charge in [0, 0.05) is 10.0 Å². The van der Waals surface area contributed by atoms with Crippen molar-refractivity contribution < 1.29 is 19.0 Å². The second-order valence-corrected chi connectivity index (χ2v) is 5.98. The average Bonchev–Trinajstić information content (AvgIpc) is 2.51. The molecule has 0 bridgehead atoms. The zero-order chi connectivity index (χ0) is 17.4. The zero-order valence-corrected chi connectivity index (χ0v) is 16.4. The van der Waals surface area contributed by atoms with E-state index < -0.39 is 5.97 Å². The highest BCUT2D eigenvalue weighted by atomic mass is 79.9. The number of ether oxygens (including phenoxy) is 3. The van der Waals surface area contributed by atoms with E-state index in [1.54, 1.807) is 6.07 Å². The Balaban J connectivity index is 3.15. The van der Waals surface area contributed by atoms with Crippen molar-refractivity contribution in [1.29, 1.82) is 0 Å². The Hall–Kier alpha value is -1.39. The van der Waals surface area contributed by atoms with Gasteiger partial charge < -0.3 is 19.9 Å². The molecule has 126 valence electrons. The van der Waals surface area contributed by atoms with Gasteiger partial charge in [-0.1, -0.05) is 0 Å². The van der Waals surface area contributed by atoms with Crippen LogP contribution in [-0.2, 0) is 9.53 Å². The summed E-state index contributed by atoms with van der Waals surface area (Å²) < 4.78 is 16.8. The van der Waals surface area contributed by atoms with Gasteiger partial charge in [0.1, 0.15) is 0 Å². The van der Waals surface area contributed by atoms with Crippen LogP contribution in [0.5, 0.6) is 11.5 Å². The standard InChI is InChI=1S/C13H15Br2N3O4S/c1-3-21-8-4-7(5-17-18-13(16)23)10(14)11(15)12(8)22-6-9(19)20-2/h4-5H,3,6H2,1-2H3,(H3,16,18,23). The van der Waals surface area contributed by atoms with Crippen molar-refractivity contribution in [2.75, 3.05) is 20.3 Å². The van der Waals surface area contributed by atoms with Gasteiger partial charge in [-0.3, -0.25) is 5.43 Å². The van der Waals surface area contributed by atoms with E-state index in [1.807, 2.05) is 6.92 Å². The Morgan fingerprint density at radius 1 is 1.43 bits per heavy atom. The summed E-state index contributed by atoms with van der Waals surface area (Å²) in [5.74, 6) is 0.327. The molecule has 0 aliphatic carbocycles. The molecule has 3 N–H and O–H groups in total. The molecule has 0 heterocycles. The summed E-state index contributed by atoms with van der Waals surface area (Å²) in [6, 6.07) is 1.70. The predicted molar refractivity (Wildman–Crippen MR) is 98.0 cm³/mol. The van der Waals surface area contributed by atoms with Crippen LogP contribution >= 0.6 is 44.1 Å². The van der Waals surface area contributed by atoms with Crippen molar-refractivity contribution in [2.24, 2.45) is 10.8 Å². The Morgan fingerprint density at radius 3 is 2.70 bits per heavy atom. The second-order valence-electron chi connectivity index (χ2n) is 3.95. The molecule has 0 fully saturated rings. The molecule has 0 amide bonds. The molecule has 1 aromatic rings. The van der Waals surface area contributed by atoms with Crippen LogP contribution in [0.3, 0.4) is 0 Å². The number of nitrogens with two attached hydrogens (primary N) is 1. The Labute approximate surface area is 155 Å². The van der Waals surface area contributed by atoms with Crippen molar-refractivity contribution in [3.63, 3.8) is 0 Å². The monoisotopic (exact) mass is 467 g/mol. The fraction of sp³-hybridized carbons (Fsp3) is 0.308. The number of hydrogen-bond donors (Lipinski definition) is 2. The topological polar surface area (TPSA) is 95.2 Å². The SMILES string of the molecule is CCOc1cc(C=NNC(N)=S)c(Br)c(Br)c1OCC(=O)OC. The molecular formula is C13H15Br2N3O4S. The Bertz CT molecular complexity index is 626. The van der Waals surface area contributed by atoms with E-state index in [1.165, 1.54) is 13.3 Å². The van der Waals surface area contributed by atoms with Crippen LogP contribution in [0.25, 0.3) is 0 Å².